The zero-order valence-electron chi connectivity index (χ0n) is 11.1. The van der Waals surface area contributed by atoms with Crippen LogP contribution in [0.1, 0.15) is 23.5 Å². The Morgan fingerprint density at radius 2 is 2.10 bits per heavy atom. The molecule has 1 heterocycles. The third kappa shape index (κ3) is 2.41. The van der Waals surface area contributed by atoms with Gasteiger partial charge in [0, 0.05) is 12.1 Å². The number of carbonyl (C=O) groups excluding carboxylic acids is 1. The maximum absolute atomic E-state index is 13.7. The summed E-state index contributed by atoms with van der Waals surface area (Å²) in [5, 5.41) is 2.82. The van der Waals surface area contributed by atoms with Crippen molar-refractivity contribution in [2.45, 2.75) is 19.3 Å². The number of carbonyl (C=O) groups is 1. The lowest BCUT2D eigenvalue weighted by Gasteiger charge is -2.07. The third-order valence-electron chi connectivity index (χ3n) is 3.68. The van der Waals surface area contributed by atoms with Crippen LogP contribution in [0, 0.1) is 18.7 Å². The van der Waals surface area contributed by atoms with Crippen LogP contribution in [-0.2, 0) is 4.79 Å². The van der Waals surface area contributed by atoms with Crippen molar-refractivity contribution in [3.8, 4) is 0 Å². The molecule has 3 nitrogen and oxygen atoms in total. The van der Waals surface area contributed by atoms with Crippen LogP contribution in [0.2, 0.25) is 0 Å². The van der Waals surface area contributed by atoms with Crippen LogP contribution in [0.3, 0.4) is 0 Å². The van der Waals surface area contributed by atoms with Crippen LogP contribution in [0.15, 0.2) is 42.6 Å². The average Bonchev–Trinajstić information content (AvgIpc) is 3.22. The van der Waals surface area contributed by atoms with Crippen molar-refractivity contribution >= 4 is 11.7 Å². The summed E-state index contributed by atoms with van der Waals surface area (Å²) in [6.45, 7) is 1.89. The zero-order valence-corrected chi connectivity index (χ0v) is 11.1. The van der Waals surface area contributed by atoms with Gasteiger partial charge >= 0.3 is 0 Å². The van der Waals surface area contributed by atoms with Crippen molar-refractivity contribution in [3.05, 3.63) is 59.5 Å². The largest absolute Gasteiger partial charge is 0.310 e. The molecule has 1 aromatic heterocycles. The first-order valence-corrected chi connectivity index (χ1v) is 6.63. The van der Waals surface area contributed by atoms with Crippen molar-refractivity contribution in [1.82, 2.24) is 4.98 Å². The number of pyridine rings is 1. The summed E-state index contributed by atoms with van der Waals surface area (Å²) >= 11 is 0. The third-order valence-corrected chi connectivity index (χ3v) is 3.68. The molecular weight excluding hydrogens is 255 g/mol. The lowest BCUT2D eigenvalue weighted by molar-refractivity contribution is -0.117. The fourth-order valence-corrected chi connectivity index (χ4v) is 2.43. The van der Waals surface area contributed by atoms with Gasteiger partial charge in [-0.3, -0.25) is 4.79 Å². The molecule has 1 aliphatic carbocycles. The molecule has 4 heteroatoms. The van der Waals surface area contributed by atoms with E-state index in [0.29, 0.717) is 17.8 Å². The molecule has 20 heavy (non-hydrogen) atoms. The van der Waals surface area contributed by atoms with Gasteiger partial charge < -0.3 is 5.32 Å². The predicted octanol–water partition coefficient (Wildman–Crippen LogP) is 3.27. The van der Waals surface area contributed by atoms with Crippen molar-refractivity contribution in [2.24, 2.45) is 5.92 Å². The molecule has 102 valence electrons. The summed E-state index contributed by atoms with van der Waals surface area (Å²) in [7, 11) is 0. The molecule has 3 rings (SSSR count). The molecule has 2 unspecified atom stereocenters. The number of anilines is 1. The number of hydrogen-bond acceptors (Lipinski definition) is 2. The van der Waals surface area contributed by atoms with E-state index >= 15 is 0 Å². The summed E-state index contributed by atoms with van der Waals surface area (Å²) in [5.74, 6) is 0.0899. The highest BCUT2D eigenvalue weighted by molar-refractivity contribution is 5.95. The maximum Gasteiger partial charge on any atom is 0.229 e. The molecule has 1 N–H and O–H groups in total. The Balaban J connectivity index is 1.69. The van der Waals surface area contributed by atoms with Gasteiger partial charge in [0.2, 0.25) is 5.91 Å². The second-order valence-corrected chi connectivity index (χ2v) is 5.13. The van der Waals surface area contributed by atoms with Crippen LogP contribution >= 0.6 is 0 Å². The number of aryl methyl sites for hydroxylation is 1. The first-order chi connectivity index (χ1) is 9.66. The molecule has 2 aromatic rings. The molecular formula is C16H15FN2O. The van der Waals surface area contributed by atoms with Crippen molar-refractivity contribution < 1.29 is 9.18 Å². The van der Waals surface area contributed by atoms with Gasteiger partial charge in [-0.25, -0.2) is 9.37 Å². The minimum atomic E-state index is -0.234. The minimum Gasteiger partial charge on any atom is -0.310 e. The monoisotopic (exact) mass is 270 g/mol. The van der Waals surface area contributed by atoms with E-state index in [9.17, 15) is 9.18 Å². The van der Waals surface area contributed by atoms with Crippen LogP contribution in [0.25, 0.3) is 0 Å². The average molecular weight is 270 g/mol. The van der Waals surface area contributed by atoms with E-state index in [2.05, 4.69) is 10.3 Å². The Bertz CT molecular complexity index is 656. The molecule has 0 bridgehead atoms. The van der Waals surface area contributed by atoms with Gasteiger partial charge in [0.25, 0.3) is 0 Å². The molecule has 0 radical (unpaired) electrons. The first kappa shape index (κ1) is 12.8. The quantitative estimate of drug-likeness (QED) is 0.930. The normalized spacial score (nSPS) is 20.5. The van der Waals surface area contributed by atoms with Crippen LogP contribution in [-0.4, -0.2) is 10.9 Å². The highest BCUT2D eigenvalue weighted by atomic mass is 19.1. The van der Waals surface area contributed by atoms with E-state index in [1.54, 1.807) is 24.4 Å². The molecule has 0 aliphatic heterocycles. The fraction of sp³-hybridized carbons (Fsp3) is 0.250. The number of halogens is 1. The summed E-state index contributed by atoms with van der Waals surface area (Å²) in [4.78, 5) is 16.3. The first-order valence-electron chi connectivity index (χ1n) is 6.63. The minimum absolute atomic E-state index is 0.0137. The van der Waals surface area contributed by atoms with Crippen molar-refractivity contribution in [3.63, 3.8) is 0 Å². The molecule has 1 fully saturated rings. The molecule has 0 spiro atoms. The Labute approximate surface area is 116 Å². The number of nitrogens with one attached hydrogen (secondary N) is 1. The van der Waals surface area contributed by atoms with E-state index < -0.39 is 0 Å². The number of amides is 1. The SMILES string of the molecule is Cc1cccnc1NC(=O)C1CC1c1ccccc1F. The number of aromatic nitrogens is 1. The Morgan fingerprint density at radius 3 is 2.85 bits per heavy atom. The van der Waals surface area contributed by atoms with Crippen molar-refractivity contribution in [2.75, 3.05) is 5.32 Å². The fourth-order valence-electron chi connectivity index (χ4n) is 2.43. The van der Waals surface area contributed by atoms with Crippen LogP contribution in [0.5, 0.6) is 0 Å². The van der Waals surface area contributed by atoms with Gasteiger partial charge in [-0.1, -0.05) is 24.3 Å². The highest BCUT2D eigenvalue weighted by Crippen LogP contribution is 2.48. The molecule has 1 amide bonds. The van der Waals surface area contributed by atoms with Crippen molar-refractivity contribution in [1.29, 1.82) is 0 Å². The van der Waals surface area contributed by atoms with Gasteiger partial charge in [0.15, 0.2) is 0 Å². The molecule has 1 aliphatic rings. The molecule has 1 saturated carbocycles. The zero-order chi connectivity index (χ0) is 14.1. The van der Waals surface area contributed by atoms with Gasteiger partial charge in [-0.05, 0) is 42.5 Å². The summed E-state index contributed by atoms with van der Waals surface area (Å²) in [6.07, 6.45) is 2.34. The Morgan fingerprint density at radius 1 is 1.30 bits per heavy atom. The lowest BCUT2D eigenvalue weighted by atomic mass is 10.1. The maximum atomic E-state index is 13.7. The second-order valence-electron chi connectivity index (χ2n) is 5.13. The number of hydrogen-bond donors (Lipinski definition) is 1. The Hall–Kier alpha value is -2.23. The number of nitrogens with zero attached hydrogens (tertiary/aromatic N) is 1. The van der Waals surface area contributed by atoms with E-state index in [1.165, 1.54) is 6.07 Å². The number of rotatable bonds is 3. The molecule has 0 saturated heterocycles. The lowest BCUT2D eigenvalue weighted by Crippen LogP contribution is -2.16. The Kier molecular flexibility index (Phi) is 3.22. The summed E-state index contributed by atoms with van der Waals surface area (Å²) in [5.41, 5.74) is 1.55. The predicted molar refractivity (Wildman–Crippen MR) is 74.9 cm³/mol. The van der Waals surface area contributed by atoms with E-state index in [1.807, 2.05) is 19.1 Å². The summed E-state index contributed by atoms with van der Waals surface area (Å²) < 4.78 is 13.7. The topological polar surface area (TPSA) is 42.0 Å². The molecule has 1 aromatic carbocycles. The van der Waals surface area contributed by atoms with Gasteiger partial charge in [-0.15, -0.1) is 0 Å². The van der Waals surface area contributed by atoms with Gasteiger partial charge in [-0.2, -0.15) is 0 Å². The van der Waals surface area contributed by atoms with E-state index in [4.69, 9.17) is 0 Å². The van der Waals surface area contributed by atoms with Gasteiger partial charge in [0.05, 0.1) is 0 Å². The van der Waals surface area contributed by atoms with E-state index in [0.717, 1.165) is 5.56 Å². The van der Waals surface area contributed by atoms with Gasteiger partial charge in [0.1, 0.15) is 11.6 Å². The summed E-state index contributed by atoms with van der Waals surface area (Å²) in [6, 6.07) is 10.4. The van der Waals surface area contributed by atoms with Crippen LogP contribution < -0.4 is 5.32 Å². The smallest absolute Gasteiger partial charge is 0.229 e. The standard InChI is InChI=1S/C16H15FN2O/c1-10-5-4-8-18-15(10)19-16(20)13-9-12(13)11-6-2-3-7-14(11)17/h2-8,12-13H,9H2,1H3,(H,18,19,20). The van der Waals surface area contributed by atoms with Crippen LogP contribution in [0.4, 0.5) is 10.2 Å². The van der Waals surface area contributed by atoms with E-state index in [-0.39, 0.29) is 23.6 Å². The second kappa shape index (κ2) is 5.04. The number of benzene rings is 1. The highest BCUT2D eigenvalue weighted by Gasteiger charge is 2.45. The molecule has 2 atom stereocenters.